The van der Waals surface area contributed by atoms with Gasteiger partial charge in [0.15, 0.2) is 18.9 Å². The largest absolute Gasteiger partial charge is 0.394 e. The molecule has 1 amide bonds. The molecule has 0 aromatic heterocycles. The number of hydrogen-bond acceptors (Lipinski definition) is 18. The van der Waals surface area contributed by atoms with Crippen LogP contribution in [-0.4, -0.2) is 193 Å². The van der Waals surface area contributed by atoms with Crippen molar-refractivity contribution in [3.63, 3.8) is 0 Å². The second-order valence-corrected chi connectivity index (χ2v) is 26.7. The first-order valence-electron chi connectivity index (χ1n) is 37.5. The van der Waals surface area contributed by atoms with Gasteiger partial charge in [-0.2, -0.15) is 0 Å². The summed E-state index contributed by atoms with van der Waals surface area (Å²) in [4.78, 5) is 13.4. The van der Waals surface area contributed by atoms with Crippen LogP contribution in [0.25, 0.3) is 0 Å². The van der Waals surface area contributed by atoms with E-state index in [1.165, 1.54) is 193 Å². The third kappa shape index (κ3) is 37.1. The Kier molecular flexibility index (Phi) is 51.3. The molecule has 0 aromatic rings. The Morgan fingerprint density at radius 3 is 1.14 bits per heavy atom. The van der Waals surface area contributed by atoms with Crippen LogP contribution in [0.2, 0.25) is 0 Å². The lowest BCUT2D eigenvalue weighted by Gasteiger charge is -2.48. The van der Waals surface area contributed by atoms with E-state index in [0.29, 0.717) is 12.8 Å². The molecule has 19 heteroatoms. The molecule has 548 valence electrons. The highest BCUT2D eigenvalue weighted by Crippen LogP contribution is 2.33. The van der Waals surface area contributed by atoms with Crippen LogP contribution in [0.5, 0.6) is 0 Å². The molecule has 3 heterocycles. The van der Waals surface area contributed by atoms with Crippen molar-refractivity contribution >= 4 is 5.91 Å². The summed E-state index contributed by atoms with van der Waals surface area (Å²) in [7, 11) is 0. The molecule has 17 atom stereocenters. The molecule has 12 N–H and O–H groups in total. The number of allylic oxidation sites excluding steroid dienone is 9. The van der Waals surface area contributed by atoms with Crippen LogP contribution in [0.15, 0.2) is 60.8 Å². The minimum Gasteiger partial charge on any atom is -0.394 e. The Morgan fingerprint density at radius 2 is 0.713 bits per heavy atom. The summed E-state index contributed by atoms with van der Waals surface area (Å²) in [6.45, 7) is 1.68. The first-order chi connectivity index (χ1) is 45.8. The molecule has 0 spiro atoms. The molecule has 94 heavy (non-hydrogen) atoms. The molecule has 0 aliphatic carbocycles. The monoisotopic (exact) mass is 1340 g/mol. The van der Waals surface area contributed by atoms with E-state index < -0.39 is 124 Å². The maximum atomic E-state index is 13.4. The van der Waals surface area contributed by atoms with Gasteiger partial charge in [0.1, 0.15) is 73.2 Å². The Balaban J connectivity index is 1.33. The number of carbonyl (C=O) groups is 1. The van der Waals surface area contributed by atoms with Crippen molar-refractivity contribution in [1.82, 2.24) is 5.32 Å². The summed E-state index contributed by atoms with van der Waals surface area (Å²) in [6, 6.07) is -0.996. The molecule has 3 aliphatic rings. The highest BCUT2D eigenvalue weighted by molar-refractivity contribution is 5.76. The maximum Gasteiger partial charge on any atom is 0.220 e. The minimum absolute atomic E-state index is 0.233. The summed E-state index contributed by atoms with van der Waals surface area (Å²) in [5.41, 5.74) is 0. The molecule has 3 aliphatic heterocycles. The van der Waals surface area contributed by atoms with Gasteiger partial charge in [-0.1, -0.05) is 254 Å². The second kappa shape index (κ2) is 56.3. The predicted octanol–water partition coefficient (Wildman–Crippen LogP) is 11.1. The summed E-state index contributed by atoms with van der Waals surface area (Å²) >= 11 is 0. The Bertz CT molecular complexity index is 1940. The normalized spacial score (nSPS) is 27.7. The van der Waals surface area contributed by atoms with Crippen LogP contribution in [0.1, 0.15) is 277 Å². The lowest BCUT2D eigenvalue weighted by molar-refractivity contribution is -0.379. The molecular weight excluding hydrogens is 1200 g/mol. The van der Waals surface area contributed by atoms with Crippen molar-refractivity contribution in [2.24, 2.45) is 0 Å². The zero-order valence-electron chi connectivity index (χ0n) is 58.2. The first-order valence-corrected chi connectivity index (χ1v) is 37.5. The van der Waals surface area contributed by atoms with Crippen molar-refractivity contribution in [3.05, 3.63) is 60.8 Å². The van der Waals surface area contributed by atoms with Gasteiger partial charge in [-0.25, -0.2) is 0 Å². The number of ether oxygens (including phenoxy) is 6. The highest BCUT2D eigenvalue weighted by atomic mass is 16.8. The molecule has 3 fully saturated rings. The molecule has 0 bridgehead atoms. The molecular formula is C75H135NO18. The summed E-state index contributed by atoms with van der Waals surface area (Å²) in [5, 5.41) is 120. The number of aliphatic hydroxyl groups is 11. The third-order valence-corrected chi connectivity index (χ3v) is 18.5. The Labute approximate surface area is 566 Å². The fraction of sp³-hybridized carbons (Fsp3) is 0.853. The van der Waals surface area contributed by atoms with E-state index in [1.54, 1.807) is 6.08 Å². The number of nitrogens with one attached hydrogen (secondary N) is 1. The van der Waals surface area contributed by atoms with Gasteiger partial charge in [0.2, 0.25) is 5.91 Å². The number of carbonyl (C=O) groups excluding carboxylic acids is 1. The fourth-order valence-corrected chi connectivity index (χ4v) is 12.4. The van der Waals surface area contributed by atoms with Crippen LogP contribution in [-0.2, 0) is 33.2 Å². The van der Waals surface area contributed by atoms with Crippen molar-refractivity contribution in [2.45, 2.75) is 381 Å². The third-order valence-electron chi connectivity index (χ3n) is 18.5. The van der Waals surface area contributed by atoms with Crippen molar-refractivity contribution in [1.29, 1.82) is 0 Å². The van der Waals surface area contributed by atoms with E-state index in [0.717, 1.165) is 51.4 Å². The van der Waals surface area contributed by atoms with Gasteiger partial charge < -0.3 is 89.9 Å². The highest BCUT2D eigenvalue weighted by Gasteiger charge is 2.53. The number of rotatable bonds is 58. The van der Waals surface area contributed by atoms with Crippen molar-refractivity contribution in [2.75, 3.05) is 26.4 Å². The van der Waals surface area contributed by atoms with Gasteiger partial charge in [0.05, 0.1) is 38.6 Å². The van der Waals surface area contributed by atoms with Crippen molar-refractivity contribution < 1.29 is 89.4 Å². The van der Waals surface area contributed by atoms with E-state index in [9.17, 15) is 61.0 Å². The number of unbranched alkanes of at least 4 members (excludes halogenated alkanes) is 34. The van der Waals surface area contributed by atoms with Gasteiger partial charge in [-0.05, 0) is 77.0 Å². The second-order valence-electron chi connectivity index (χ2n) is 26.7. The van der Waals surface area contributed by atoms with Crippen molar-refractivity contribution in [3.8, 4) is 0 Å². The zero-order valence-corrected chi connectivity index (χ0v) is 58.2. The molecule has 3 saturated heterocycles. The van der Waals surface area contributed by atoms with Gasteiger partial charge in [0, 0.05) is 6.42 Å². The van der Waals surface area contributed by atoms with Crippen LogP contribution in [0, 0.1) is 0 Å². The average molecular weight is 1340 g/mol. The maximum absolute atomic E-state index is 13.4. The molecule has 19 nitrogen and oxygen atoms in total. The summed E-state index contributed by atoms with van der Waals surface area (Å²) in [5.74, 6) is -0.287. The van der Waals surface area contributed by atoms with Crippen LogP contribution in [0.3, 0.4) is 0 Å². The quantitative estimate of drug-likeness (QED) is 0.0199. The number of aliphatic hydroxyl groups excluding tert-OH is 11. The van der Waals surface area contributed by atoms with E-state index in [2.05, 4.69) is 67.8 Å². The lowest BCUT2D eigenvalue weighted by Crippen LogP contribution is -2.66. The minimum atomic E-state index is -1.98. The van der Waals surface area contributed by atoms with E-state index in [1.807, 2.05) is 6.08 Å². The lowest BCUT2D eigenvalue weighted by atomic mass is 9.96. The van der Waals surface area contributed by atoms with E-state index in [-0.39, 0.29) is 18.9 Å². The van der Waals surface area contributed by atoms with Gasteiger partial charge >= 0.3 is 0 Å². The number of hydrogen-bond donors (Lipinski definition) is 12. The molecule has 0 radical (unpaired) electrons. The average Bonchev–Trinajstić information content (AvgIpc) is 0.787. The molecule has 3 rings (SSSR count). The first kappa shape index (κ1) is 85.7. The van der Waals surface area contributed by atoms with Crippen LogP contribution < -0.4 is 5.32 Å². The Morgan fingerprint density at radius 1 is 0.383 bits per heavy atom. The molecule has 17 unspecified atom stereocenters. The van der Waals surface area contributed by atoms with E-state index in [4.69, 9.17) is 28.4 Å². The Hall–Kier alpha value is -2.51. The molecule has 0 saturated carbocycles. The van der Waals surface area contributed by atoms with Crippen LogP contribution in [0.4, 0.5) is 0 Å². The van der Waals surface area contributed by atoms with Gasteiger partial charge in [-0.3, -0.25) is 4.79 Å². The SMILES string of the molecule is CCCCCC/C=C/CC/C=C/CC/C=C/C(O)C(COC1OC(CO)C(OC2OC(CO)C(OC3OC(CO)C(O)C(O)C3O)C(O)C2O)C(O)C1O)NC(=O)CCCCCCCCCCCCCCCCCCCCCCCCC/C=C\C/C=C\CCCCCCC. The topological polar surface area (TPSA) is 307 Å². The van der Waals surface area contributed by atoms with Crippen LogP contribution >= 0.6 is 0 Å². The predicted molar refractivity (Wildman–Crippen MR) is 369 cm³/mol. The van der Waals surface area contributed by atoms with Gasteiger partial charge in [0.25, 0.3) is 0 Å². The summed E-state index contributed by atoms with van der Waals surface area (Å²) < 4.78 is 34.3. The van der Waals surface area contributed by atoms with E-state index >= 15 is 0 Å². The summed E-state index contributed by atoms with van der Waals surface area (Å²) in [6.07, 6.45) is 43.8. The zero-order chi connectivity index (χ0) is 68.2. The molecule has 0 aromatic carbocycles. The standard InChI is InChI=1S/C75H135NO18/c1-3-5-7-9-11-13-15-17-19-20-21-22-23-24-25-26-27-28-29-30-31-32-33-34-35-36-37-38-39-41-43-45-47-49-51-53-63(81)76-58(59(80)52-50-48-46-44-42-40-18-16-14-12-10-8-6-4-2)57-89-73-69(87)66(84)71(61(55-78)91-73)94-75-70(88)67(85)72(62(56-79)92-75)93-74-68(86)65(83)64(82)60(54-77)90-74/h14-17,20-21,42,44,50,52,58-62,64-75,77-80,82-88H,3-13,18-19,22-41,43,45-49,51,53-57H2,1-2H3,(H,76,81)/b16-14+,17-15-,21-20-,44-42+,52-50+. The smallest absolute Gasteiger partial charge is 0.220 e. The fourth-order valence-electron chi connectivity index (χ4n) is 12.4. The number of amides is 1. The van der Waals surface area contributed by atoms with Gasteiger partial charge in [-0.15, -0.1) is 0 Å².